The minimum atomic E-state index is 0.239. The Labute approximate surface area is 76.0 Å². The molecule has 1 aliphatic carbocycles. The van der Waals surface area contributed by atoms with Gasteiger partial charge in [-0.1, -0.05) is 32.3 Å². The van der Waals surface area contributed by atoms with Crippen LogP contribution in [0.3, 0.4) is 0 Å². The van der Waals surface area contributed by atoms with Gasteiger partial charge in [0.05, 0.1) is 0 Å². The van der Waals surface area contributed by atoms with Crippen LogP contribution >= 0.6 is 0 Å². The Morgan fingerprint density at radius 1 is 1.42 bits per heavy atom. The van der Waals surface area contributed by atoms with Crippen LogP contribution in [-0.2, 0) is 0 Å². The van der Waals surface area contributed by atoms with E-state index in [0.717, 1.165) is 5.92 Å². The number of hydrogen-bond acceptors (Lipinski definition) is 1. The van der Waals surface area contributed by atoms with E-state index in [-0.39, 0.29) is 6.04 Å². The van der Waals surface area contributed by atoms with E-state index in [1.165, 1.54) is 32.1 Å². The number of hydrogen-bond donors (Lipinski definition) is 1. The molecule has 0 aromatic carbocycles. The lowest BCUT2D eigenvalue weighted by molar-refractivity contribution is 0.255. The first-order chi connectivity index (χ1) is 5.77. The second-order valence-corrected chi connectivity index (χ2v) is 4.00. The molecule has 1 unspecified atom stereocenters. The summed E-state index contributed by atoms with van der Waals surface area (Å²) in [4.78, 5) is 0. The molecule has 0 spiro atoms. The van der Waals surface area contributed by atoms with Crippen molar-refractivity contribution in [2.75, 3.05) is 0 Å². The lowest BCUT2D eigenvalue weighted by atomic mass is 9.78. The molecule has 2 N–H and O–H groups in total. The summed E-state index contributed by atoms with van der Waals surface area (Å²) in [6, 6.07) is 0.239. The van der Waals surface area contributed by atoms with E-state index in [4.69, 9.17) is 5.73 Å². The van der Waals surface area contributed by atoms with Crippen LogP contribution in [0.25, 0.3) is 0 Å². The second kappa shape index (κ2) is 4.66. The Kier molecular flexibility index (Phi) is 3.80. The summed E-state index contributed by atoms with van der Waals surface area (Å²) in [5.41, 5.74) is 5.92. The molecule has 0 saturated heterocycles. The van der Waals surface area contributed by atoms with Gasteiger partial charge in [0.1, 0.15) is 0 Å². The van der Waals surface area contributed by atoms with Gasteiger partial charge >= 0.3 is 0 Å². The molecule has 70 valence electrons. The van der Waals surface area contributed by atoms with Crippen LogP contribution < -0.4 is 5.73 Å². The molecule has 12 heavy (non-hydrogen) atoms. The monoisotopic (exact) mass is 167 g/mol. The van der Waals surface area contributed by atoms with Crippen molar-refractivity contribution in [3.05, 3.63) is 12.7 Å². The van der Waals surface area contributed by atoms with Gasteiger partial charge in [0.2, 0.25) is 0 Å². The van der Waals surface area contributed by atoms with E-state index in [2.05, 4.69) is 13.5 Å². The van der Waals surface area contributed by atoms with Crippen LogP contribution in [0.1, 0.15) is 39.0 Å². The minimum absolute atomic E-state index is 0.239. The SMILES string of the molecule is C=CC(N)C1CCC(CC)CC1. The molecule has 0 bridgehead atoms. The van der Waals surface area contributed by atoms with Crippen LogP contribution in [0.15, 0.2) is 12.7 Å². The van der Waals surface area contributed by atoms with E-state index in [1.54, 1.807) is 0 Å². The van der Waals surface area contributed by atoms with E-state index in [9.17, 15) is 0 Å². The average Bonchev–Trinajstić information content (AvgIpc) is 2.17. The topological polar surface area (TPSA) is 26.0 Å². The zero-order valence-corrected chi connectivity index (χ0v) is 8.13. The first kappa shape index (κ1) is 9.79. The summed E-state index contributed by atoms with van der Waals surface area (Å²) >= 11 is 0. The zero-order chi connectivity index (χ0) is 8.97. The summed E-state index contributed by atoms with van der Waals surface area (Å²) in [6.45, 7) is 6.04. The fourth-order valence-electron chi connectivity index (χ4n) is 2.17. The highest BCUT2D eigenvalue weighted by Crippen LogP contribution is 2.31. The zero-order valence-electron chi connectivity index (χ0n) is 8.13. The summed E-state index contributed by atoms with van der Waals surface area (Å²) in [6.07, 6.45) is 8.62. The molecule has 0 heterocycles. The minimum Gasteiger partial charge on any atom is -0.324 e. The summed E-state index contributed by atoms with van der Waals surface area (Å²) in [5.74, 6) is 1.68. The fraction of sp³-hybridized carbons (Fsp3) is 0.818. The third-order valence-corrected chi connectivity index (χ3v) is 3.29. The van der Waals surface area contributed by atoms with Crippen LogP contribution in [0.5, 0.6) is 0 Å². The highest BCUT2D eigenvalue weighted by Gasteiger charge is 2.22. The Bertz CT molecular complexity index is 134. The molecule has 1 saturated carbocycles. The second-order valence-electron chi connectivity index (χ2n) is 4.00. The van der Waals surface area contributed by atoms with E-state index in [1.807, 2.05) is 6.08 Å². The molecular weight excluding hydrogens is 146 g/mol. The van der Waals surface area contributed by atoms with Crippen LogP contribution in [0, 0.1) is 11.8 Å². The van der Waals surface area contributed by atoms with Crippen molar-refractivity contribution in [2.24, 2.45) is 17.6 Å². The normalized spacial score (nSPS) is 32.8. The average molecular weight is 167 g/mol. The van der Waals surface area contributed by atoms with Crippen molar-refractivity contribution in [1.29, 1.82) is 0 Å². The fourth-order valence-corrected chi connectivity index (χ4v) is 2.17. The molecule has 1 aliphatic rings. The van der Waals surface area contributed by atoms with E-state index >= 15 is 0 Å². The van der Waals surface area contributed by atoms with Crippen molar-refractivity contribution in [2.45, 2.75) is 45.1 Å². The summed E-state index contributed by atoms with van der Waals surface area (Å²) in [7, 11) is 0. The standard InChI is InChI=1S/C11H21N/c1-3-9-5-7-10(8-6-9)11(12)4-2/h4,9-11H,2-3,5-8,12H2,1H3. The molecule has 1 nitrogen and oxygen atoms in total. The maximum absolute atomic E-state index is 5.92. The molecule has 0 amide bonds. The molecular formula is C11H21N. The van der Waals surface area contributed by atoms with Gasteiger partial charge < -0.3 is 5.73 Å². The van der Waals surface area contributed by atoms with Gasteiger partial charge in [0.25, 0.3) is 0 Å². The number of nitrogens with two attached hydrogens (primary N) is 1. The molecule has 1 rings (SSSR count). The molecule has 1 atom stereocenters. The maximum atomic E-state index is 5.92. The smallest absolute Gasteiger partial charge is 0.0249 e. The van der Waals surface area contributed by atoms with Crippen molar-refractivity contribution in [1.82, 2.24) is 0 Å². The first-order valence-corrected chi connectivity index (χ1v) is 5.16. The third kappa shape index (κ3) is 2.34. The molecule has 0 aliphatic heterocycles. The van der Waals surface area contributed by atoms with E-state index in [0.29, 0.717) is 5.92 Å². The lowest BCUT2D eigenvalue weighted by Gasteiger charge is -2.30. The Balaban J connectivity index is 2.30. The van der Waals surface area contributed by atoms with Gasteiger partial charge in [-0.3, -0.25) is 0 Å². The van der Waals surface area contributed by atoms with Gasteiger partial charge in [-0.15, -0.1) is 6.58 Å². The maximum Gasteiger partial charge on any atom is 0.0249 e. The van der Waals surface area contributed by atoms with Gasteiger partial charge in [-0.2, -0.15) is 0 Å². The lowest BCUT2D eigenvalue weighted by Crippen LogP contribution is -2.30. The molecule has 0 aromatic rings. The Morgan fingerprint density at radius 3 is 2.42 bits per heavy atom. The predicted octanol–water partition coefficient (Wildman–Crippen LogP) is 2.72. The predicted molar refractivity (Wildman–Crippen MR) is 53.9 cm³/mol. The van der Waals surface area contributed by atoms with Crippen LogP contribution in [-0.4, -0.2) is 6.04 Å². The quantitative estimate of drug-likeness (QED) is 0.643. The highest BCUT2D eigenvalue weighted by atomic mass is 14.6. The summed E-state index contributed by atoms with van der Waals surface area (Å²) < 4.78 is 0. The molecule has 1 fully saturated rings. The van der Waals surface area contributed by atoms with Crippen molar-refractivity contribution in [3.8, 4) is 0 Å². The van der Waals surface area contributed by atoms with Gasteiger partial charge in [0, 0.05) is 6.04 Å². The largest absolute Gasteiger partial charge is 0.324 e. The molecule has 0 aromatic heterocycles. The van der Waals surface area contributed by atoms with Crippen LogP contribution in [0.4, 0.5) is 0 Å². The van der Waals surface area contributed by atoms with Crippen molar-refractivity contribution < 1.29 is 0 Å². The molecule has 0 radical (unpaired) electrons. The highest BCUT2D eigenvalue weighted by molar-refractivity contribution is 4.90. The number of rotatable bonds is 3. The third-order valence-electron chi connectivity index (χ3n) is 3.29. The van der Waals surface area contributed by atoms with Crippen molar-refractivity contribution >= 4 is 0 Å². The Hall–Kier alpha value is -0.300. The van der Waals surface area contributed by atoms with E-state index < -0.39 is 0 Å². The Morgan fingerprint density at radius 2 is 2.00 bits per heavy atom. The first-order valence-electron chi connectivity index (χ1n) is 5.16. The van der Waals surface area contributed by atoms with Crippen molar-refractivity contribution in [3.63, 3.8) is 0 Å². The van der Waals surface area contributed by atoms with Gasteiger partial charge in [-0.05, 0) is 24.7 Å². The molecule has 1 heteroatoms. The van der Waals surface area contributed by atoms with Gasteiger partial charge in [-0.25, -0.2) is 0 Å². The summed E-state index contributed by atoms with van der Waals surface area (Å²) in [5, 5.41) is 0. The van der Waals surface area contributed by atoms with Crippen LogP contribution in [0.2, 0.25) is 0 Å². The van der Waals surface area contributed by atoms with Gasteiger partial charge in [0.15, 0.2) is 0 Å².